The Morgan fingerprint density at radius 3 is 2.02 bits per heavy atom. The Balaban J connectivity index is 2.45. The Labute approximate surface area is 255 Å². The zero-order chi connectivity index (χ0) is 32.2. The van der Waals surface area contributed by atoms with Crippen LogP contribution in [0.3, 0.4) is 0 Å². The second-order valence-electron chi connectivity index (χ2n) is 12.4. The lowest BCUT2D eigenvalue weighted by Crippen LogP contribution is -2.52. The van der Waals surface area contributed by atoms with Crippen LogP contribution in [0, 0.1) is 0 Å². The summed E-state index contributed by atoms with van der Waals surface area (Å²) in [5.74, 6) is -1.72. The lowest BCUT2D eigenvalue weighted by atomic mass is 10.0. The molecule has 0 aromatic heterocycles. The second kappa shape index (κ2) is 16.0. The minimum absolute atomic E-state index is 0.00549. The zero-order valence-electron chi connectivity index (χ0n) is 26.4. The first-order valence-electron chi connectivity index (χ1n) is 14.7. The molecule has 0 aliphatic heterocycles. The molecule has 0 radical (unpaired) electrons. The molecular weight excluding hydrogens is 550 g/mol. The van der Waals surface area contributed by atoms with Gasteiger partial charge in [0.05, 0.1) is 0 Å². The molecule has 2 unspecified atom stereocenters. The van der Waals surface area contributed by atoms with Gasteiger partial charge in [0.15, 0.2) is 0 Å². The van der Waals surface area contributed by atoms with Crippen LogP contribution in [0.4, 0.5) is 4.79 Å². The third-order valence-corrected chi connectivity index (χ3v) is 6.17. The number of phenols is 1. The zero-order valence-corrected chi connectivity index (χ0v) is 26.4. The Morgan fingerprint density at radius 2 is 1.47 bits per heavy atom. The summed E-state index contributed by atoms with van der Waals surface area (Å²) in [7, 11) is 0. The first-order chi connectivity index (χ1) is 20.1. The molecule has 0 aliphatic rings. The molecule has 10 nitrogen and oxygen atoms in total. The average molecular weight is 598 g/mol. The fourth-order valence-electron chi connectivity index (χ4n) is 4.29. The summed E-state index contributed by atoms with van der Waals surface area (Å²) >= 11 is 0. The minimum atomic E-state index is -1.16. The number of amides is 3. The normalized spacial score (nSPS) is 12.9. The predicted octanol–water partition coefficient (Wildman–Crippen LogP) is 5.05. The number of hydrogen-bond acceptors (Lipinski definition) is 7. The van der Waals surface area contributed by atoms with Gasteiger partial charge in [0, 0.05) is 13.0 Å². The van der Waals surface area contributed by atoms with Crippen LogP contribution >= 0.6 is 0 Å². The van der Waals surface area contributed by atoms with E-state index in [2.05, 4.69) is 10.6 Å². The molecule has 2 aromatic carbocycles. The van der Waals surface area contributed by atoms with Crippen LogP contribution in [0.1, 0.15) is 84.9 Å². The number of ether oxygens (including phenoxy) is 2. The molecule has 2 rings (SSSR count). The number of nitrogens with one attached hydrogen (secondary N) is 2. The Kier molecular flexibility index (Phi) is 13.0. The lowest BCUT2D eigenvalue weighted by Gasteiger charge is -2.33. The highest BCUT2D eigenvalue weighted by Crippen LogP contribution is 2.25. The monoisotopic (exact) mass is 597 g/mol. The smallest absolute Gasteiger partial charge is 0.408 e. The summed E-state index contributed by atoms with van der Waals surface area (Å²) < 4.78 is 10.9. The highest BCUT2D eigenvalue weighted by atomic mass is 16.6. The average Bonchev–Trinajstić information content (AvgIpc) is 2.90. The van der Waals surface area contributed by atoms with Gasteiger partial charge in [0.2, 0.25) is 11.8 Å². The topological polar surface area (TPSA) is 134 Å². The fourth-order valence-corrected chi connectivity index (χ4v) is 4.29. The Bertz CT molecular complexity index is 1200. The number of esters is 1. The van der Waals surface area contributed by atoms with Crippen LogP contribution in [0.15, 0.2) is 54.6 Å². The largest absolute Gasteiger partial charge is 0.508 e. The second-order valence-corrected chi connectivity index (χ2v) is 12.4. The Morgan fingerprint density at radius 1 is 0.860 bits per heavy atom. The van der Waals surface area contributed by atoms with E-state index in [0.29, 0.717) is 12.0 Å². The minimum Gasteiger partial charge on any atom is -0.508 e. The first kappa shape index (κ1) is 35.1. The van der Waals surface area contributed by atoms with Crippen molar-refractivity contribution in [2.45, 2.75) is 97.4 Å². The van der Waals surface area contributed by atoms with Gasteiger partial charge in [-0.3, -0.25) is 9.59 Å². The number of nitrogens with zero attached hydrogens (tertiary/aromatic N) is 1. The molecule has 0 aliphatic carbocycles. The van der Waals surface area contributed by atoms with Gasteiger partial charge >= 0.3 is 12.1 Å². The van der Waals surface area contributed by atoms with Gasteiger partial charge < -0.3 is 30.1 Å². The van der Waals surface area contributed by atoms with Crippen molar-refractivity contribution in [3.8, 4) is 5.75 Å². The van der Waals surface area contributed by atoms with Crippen molar-refractivity contribution in [1.29, 1.82) is 0 Å². The van der Waals surface area contributed by atoms with Crippen LogP contribution in [-0.4, -0.2) is 64.2 Å². The van der Waals surface area contributed by atoms with E-state index in [4.69, 9.17) is 9.47 Å². The fraction of sp³-hybridized carbons (Fsp3) is 0.515. The molecular formula is C33H47N3O7. The van der Waals surface area contributed by atoms with Crippen LogP contribution < -0.4 is 10.6 Å². The van der Waals surface area contributed by atoms with Gasteiger partial charge in [-0.25, -0.2) is 9.59 Å². The molecule has 0 bridgehead atoms. The summed E-state index contributed by atoms with van der Waals surface area (Å²) in [6.07, 6.45) is 1.71. The molecule has 43 heavy (non-hydrogen) atoms. The quantitative estimate of drug-likeness (QED) is 0.217. The number of carbonyl (C=O) groups excluding carboxylic acids is 4. The van der Waals surface area contributed by atoms with E-state index in [1.54, 1.807) is 53.7 Å². The van der Waals surface area contributed by atoms with E-state index >= 15 is 0 Å². The van der Waals surface area contributed by atoms with Crippen molar-refractivity contribution in [3.05, 3.63) is 65.7 Å². The van der Waals surface area contributed by atoms with E-state index in [1.165, 1.54) is 17.0 Å². The van der Waals surface area contributed by atoms with Gasteiger partial charge in [-0.2, -0.15) is 0 Å². The van der Waals surface area contributed by atoms with Crippen molar-refractivity contribution >= 4 is 23.9 Å². The molecule has 0 saturated carbocycles. The van der Waals surface area contributed by atoms with Gasteiger partial charge in [-0.1, -0.05) is 62.2 Å². The molecule has 0 saturated heterocycles. The number of alkyl carbamates (subject to hydrolysis) is 1. The molecule has 3 N–H and O–H groups in total. The van der Waals surface area contributed by atoms with Crippen LogP contribution in [-0.2, 0) is 30.3 Å². The van der Waals surface area contributed by atoms with Crippen molar-refractivity contribution < 1.29 is 33.8 Å². The van der Waals surface area contributed by atoms with Crippen LogP contribution in [0.2, 0.25) is 0 Å². The number of hydrogen-bond donors (Lipinski definition) is 3. The van der Waals surface area contributed by atoms with Crippen LogP contribution in [0.25, 0.3) is 0 Å². The number of unbranched alkanes of at least 4 members (excludes halogenated alkanes) is 2. The van der Waals surface area contributed by atoms with E-state index in [0.717, 1.165) is 18.4 Å². The third kappa shape index (κ3) is 12.8. The molecule has 0 fully saturated rings. The van der Waals surface area contributed by atoms with Gasteiger partial charge in [-0.05, 0) is 71.2 Å². The van der Waals surface area contributed by atoms with E-state index < -0.39 is 53.7 Å². The summed E-state index contributed by atoms with van der Waals surface area (Å²) in [6, 6.07) is 13.0. The van der Waals surface area contributed by atoms with Crippen molar-refractivity contribution in [2.75, 3.05) is 13.1 Å². The number of carbonyl (C=O) groups is 4. The number of benzene rings is 2. The maximum absolute atomic E-state index is 14.1. The summed E-state index contributed by atoms with van der Waals surface area (Å²) in [6.45, 7) is 12.2. The maximum Gasteiger partial charge on any atom is 0.408 e. The maximum atomic E-state index is 14.1. The van der Waals surface area contributed by atoms with Gasteiger partial charge in [-0.15, -0.1) is 0 Å². The molecule has 236 valence electrons. The van der Waals surface area contributed by atoms with Crippen molar-refractivity contribution in [3.63, 3.8) is 0 Å². The molecule has 0 heterocycles. The van der Waals surface area contributed by atoms with Crippen molar-refractivity contribution in [2.24, 2.45) is 0 Å². The van der Waals surface area contributed by atoms with E-state index in [1.807, 2.05) is 37.3 Å². The third-order valence-electron chi connectivity index (χ3n) is 6.17. The number of aromatic hydroxyl groups is 1. The molecule has 10 heteroatoms. The molecule has 2 aromatic rings. The molecule has 2 atom stereocenters. The molecule has 3 amide bonds. The SMILES string of the molecule is CCCCCN(C(=O)CNC(=O)OC(C)(C)C)C(C(=O)NC(Cc1ccccc1)C(=O)OC(C)(C)C)c1ccc(O)cc1. The van der Waals surface area contributed by atoms with Crippen molar-refractivity contribution in [1.82, 2.24) is 15.5 Å². The highest BCUT2D eigenvalue weighted by molar-refractivity contribution is 5.92. The highest BCUT2D eigenvalue weighted by Gasteiger charge is 2.35. The molecule has 0 spiro atoms. The van der Waals surface area contributed by atoms with Crippen LogP contribution in [0.5, 0.6) is 5.75 Å². The van der Waals surface area contributed by atoms with E-state index in [-0.39, 0.29) is 18.7 Å². The van der Waals surface area contributed by atoms with E-state index in [9.17, 15) is 24.3 Å². The lowest BCUT2D eigenvalue weighted by molar-refractivity contribution is -0.159. The number of phenolic OH excluding ortho intramolecular Hbond substituents is 1. The summed E-state index contributed by atoms with van der Waals surface area (Å²) in [4.78, 5) is 54.7. The van der Waals surface area contributed by atoms with Gasteiger partial charge in [0.1, 0.15) is 35.6 Å². The number of rotatable bonds is 13. The summed E-state index contributed by atoms with van der Waals surface area (Å²) in [5, 5.41) is 15.2. The standard InChI is InChI=1S/C33H47N3O7/c1-8-9-13-20-36(27(38)22-34-31(41)43-33(5,6)7)28(24-16-18-25(37)19-17-24)29(39)35-26(30(40)42-32(2,3)4)21-23-14-11-10-12-15-23/h10-12,14-19,26,28,37H,8-9,13,20-22H2,1-7H3,(H,34,41)(H,35,39). The summed E-state index contributed by atoms with van der Waals surface area (Å²) in [5.41, 5.74) is -0.294. The Hall–Kier alpha value is -4.08. The first-order valence-corrected chi connectivity index (χ1v) is 14.7. The predicted molar refractivity (Wildman–Crippen MR) is 164 cm³/mol. The van der Waals surface area contributed by atoms with Gasteiger partial charge in [0.25, 0.3) is 0 Å².